The van der Waals surface area contributed by atoms with Crippen LogP contribution < -0.4 is 4.74 Å². The molecule has 0 bridgehead atoms. The van der Waals surface area contributed by atoms with Crippen LogP contribution in [-0.4, -0.2) is 6.29 Å². The zero-order chi connectivity index (χ0) is 15.2. The van der Waals surface area contributed by atoms with Crippen LogP contribution in [0.2, 0.25) is 0 Å². The van der Waals surface area contributed by atoms with E-state index in [0.717, 1.165) is 34.2 Å². The Kier molecular flexibility index (Phi) is 5.57. The highest BCUT2D eigenvalue weighted by Gasteiger charge is 2.07. The van der Waals surface area contributed by atoms with Crippen LogP contribution in [0.3, 0.4) is 0 Å². The number of carbonyl (C=O) groups is 1. The van der Waals surface area contributed by atoms with E-state index in [1.165, 1.54) is 5.56 Å². The third kappa shape index (κ3) is 4.18. The largest absolute Gasteiger partial charge is 0.457 e. The molecule has 0 amide bonds. The van der Waals surface area contributed by atoms with E-state index in [1.54, 1.807) is 0 Å². The fourth-order valence-electron chi connectivity index (χ4n) is 2.17. The molecule has 0 saturated heterocycles. The lowest BCUT2D eigenvalue weighted by molar-refractivity contribution is -0.108. The van der Waals surface area contributed by atoms with E-state index in [-0.39, 0.29) is 0 Å². The number of ether oxygens (including phenoxy) is 1. The van der Waals surface area contributed by atoms with Crippen LogP contribution in [0.25, 0.3) is 0 Å². The molecule has 2 nitrogen and oxygen atoms in total. The molecule has 0 aliphatic heterocycles. The van der Waals surface area contributed by atoms with Crippen molar-refractivity contribution in [2.24, 2.45) is 0 Å². The summed E-state index contributed by atoms with van der Waals surface area (Å²) in [6.07, 6.45) is 2.47. The van der Waals surface area contributed by atoms with Crippen molar-refractivity contribution in [3.8, 4) is 11.5 Å². The average Bonchev–Trinajstić information content (AvgIpc) is 2.50. The maximum absolute atomic E-state index is 10.4. The molecule has 3 heteroatoms. The summed E-state index contributed by atoms with van der Waals surface area (Å²) in [6, 6.07) is 14.0. The quantitative estimate of drug-likeness (QED) is 0.633. The molecule has 0 aromatic heterocycles. The van der Waals surface area contributed by atoms with Gasteiger partial charge in [0.2, 0.25) is 0 Å². The second-order valence-electron chi connectivity index (χ2n) is 5.18. The number of carbonyl (C=O) groups excluding carboxylic acids is 1. The molecule has 0 heterocycles. The highest BCUT2D eigenvalue weighted by atomic mass is 79.9. The van der Waals surface area contributed by atoms with Gasteiger partial charge in [-0.2, -0.15) is 0 Å². The van der Waals surface area contributed by atoms with Gasteiger partial charge in [-0.15, -0.1) is 0 Å². The monoisotopic (exact) mass is 346 g/mol. The molecular weight excluding hydrogens is 328 g/mol. The Labute approximate surface area is 134 Å². The molecule has 0 radical (unpaired) electrons. The molecule has 110 valence electrons. The number of rotatable bonds is 6. The molecule has 0 fully saturated rings. The average molecular weight is 347 g/mol. The summed E-state index contributed by atoms with van der Waals surface area (Å²) >= 11 is 3.51. The minimum Gasteiger partial charge on any atom is -0.457 e. The number of benzene rings is 2. The normalized spacial score (nSPS) is 12.0. The Morgan fingerprint density at radius 1 is 1.19 bits per heavy atom. The predicted octanol–water partition coefficient (Wildman–Crippen LogP) is 5.63. The van der Waals surface area contributed by atoms with Crippen LogP contribution >= 0.6 is 15.9 Å². The summed E-state index contributed by atoms with van der Waals surface area (Å²) in [4.78, 5) is 10.4. The highest BCUT2D eigenvalue weighted by Crippen LogP contribution is 2.30. The summed E-state index contributed by atoms with van der Waals surface area (Å²) in [5.41, 5.74) is 2.32. The minimum atomic E-state index is 0.386. The van der Waals surface area contributed by atoms with E-state index in [4.69, 9.17) is 4.74 Å². The zero-order valence-electron chi connectivity index (χ0n) is 12.3. The molecule has 0 saturated carbocycles. The molecule has 2 aromatic rings. The first-order valence-electron chi connectivity index (χ1n) is 7.08. The van der Waals surface area contributed by atoms with E-state index in [2.05, 4.69) is 35.0 Å². The minimum absolute atomic E-state index is 0.386. The van der Waals surface area contributed by atoms with Gasteiger partial charge in [0, 0.05) is 16.5 Å². The Balaban J connectivity index is 2.09. The van der Waals surface area contributed by atoms with Crippen LogP contribution in [0.5, 0.6) is 11.5 Å². The molecule has 0 aliphatic carbocycles. The summed E-state index contributed by atoms with van der Waals surface area (Å²) in [5, 5.41) is 0. The molecule has 21 heavy (non-hydrogen) atoms. The fourth-order valence-corrected chi connectivity index (χ4v) is 2.52. The zero-order valence-corrected chi connectivity index (χ0v) is 13.9. The van der Waals surface area contributed by atoms with Crippen molar-refractivity contribution in [2.45, 2.75) is 32.6 Å². The standard InChI is InChI=1S/C18H19BrO2/c1-13(5-4-12-20)15-8-10-16(11-9-15)21-18-7-3-6-17(19)14(18)2/h3,6-13H,4-5H2,1-2H3. The first-order chi connectivity index (χ1) is 10.1. The summed E-state index contributed by atoms with van der Waals surface area (Å²) in [6.45, 7) is 4.16. The van der Waals surface area contributed by atoms with Crippen LogP contribution in [0.4, 0.5) is 0 Å². The van der Waals surface area contributed by atoms with E-state index >= 15 is 0 Å². The predicted molar refractivity (Wildman–Crippen MR) is 89.1 cm³/mol. The second-order valence-corrected chi connectivity index (χ2v) is 6.03. The SMILES string of the molecule is Cc1c(Br)cccc1Oc1ccc(C(C)CCC=O)cc1. The lowest BCUT2D eigenvalue weighted by Gasteiger charge is -2.13. The van der Waals surface area contributed by atoms with E-state index in [9.17, 15) is 4.79 Å². The molecule has 0 aliphatic rings. The van der Waals surface area contributed by atoms with Crippen LogP contribution in [0, 0.1) is 6.92 Å². The Bertz CT molecular complexity index is 605. The van der Waals surface area contributed by atoms with Crippen LogP contribution in [-0.2, 0) is 4.79 Å². The molecule has 0 spiro atoms. The number of hydrogen-bond acceptors (Lipinski definition) is 2. The van der Waals surface area contributed by atoms with Crippen molar-refractivity contribution in [1.82, 2.24) is 0 Å². The Morgan fingerprint density at radius 3 is 2.57 bits per heavy atom. The van der Waals surface area contributed by atoms with Gasteiger partial charge in [0.05, 0.1) is 0 Å². The lowest BCUT2D eigenvalue weighted by atomic mass is 9.96. The van der Waals surface area contributed by atoms with Gasteiger partial charge in [-0.3, -0.25) is 0 Å². The molecular formula is C18H19BrO2. The molecule has 1 unspecified atom stereocenters. The number of hydrogen-bond donors (Lipinski definition) is 0. The highest BCUT2D eigenvalue weighted by molar-refractivity contribution is 9.10. The van der Waals surface area contributed by atoms with Crippen LogP contribution in [0.15, 0.2) is 46.9 Å². The second kappa shape index (κ2) is 7.41. The summed E-state index contributed by atoms with van der Waals surface area (Å²) < 4.78 is 6.96. The van der Waals surface area contributed by atoms with Crippen molar-refractivity contribution in [3.63, 3.8) is 0 Å². The third-order valence-electron chi connectivity index (χ3n) is 3.61. The maximum atomic E-state index is 10.4. The lowest BCUT2D eigenvalue weighted by Crippen LogP contribution is -1.94. The van der Waals surface area contributed by atoms with Crippen molar-refractivity contribution < 1.29 is 9.53 Å². The first kappa shape index (κ1) is 15.8. The number of aldehydes is 1. The topological polar surface area (TPSA) is 26.3 Å². The van der Waals surface area contributed by atoms with Crippen molar-refractivity contribution in [3.05, 3.63) is 58.1 Å². The molecule has 2 rings (SSSR count). The number of halogens is 1. The van der Waals surface area contributed by atoms with E-state index in [0.29, 0.717) is 12.3 Å². The molecule has 2 aromatic carbocycles. The van der Waals surface area contributed by atoms with Gasteiger partial charge < -0.3 is 9.53 Å². The van der Waals surface area contributed by atoms with Crippen molar-refractivity contribution in [1.29, 1.82) is 0 Å². The van der Waals surface area contributed by atoms with Gasteiger partial charge in [-0.05, 0) is 49.1 Å². The Morgan fingerprint density at radius 2 is 1.90 bits per heavy atom. The van der Waals surface area contributed by atoms with Gasteiger partial charge in [-0.1, -0.05) is 41.1 Å². The smallest absolute Gasteiger partial charge is 0.131 e. The summed E-state index contributed by atoms with van der Waals surface area (Å²) in [7, 11) is 0. The summed E-state index contributed by atoms with van der Waals surface area (Å²) in [5.74, 6) is 2.06. The van der Waals surface area contributed by atoms with Crippen molar-refractivity contribution >= 4 is 22.2 Å². The van der Waals surface area contributed by atoms with E-state index < -0.39 is 0 Å². The molecule has 1 atom stereocenters. The maximum Gasteiger partial charge on any atom is 0.131 e. The fraction of sp³-hybridized carbons (Fsp3) is 0.278. The van der Waals surface area contributed by atoms with Crippen molar-refractivity contribution in [2.75, 3.05) is 0 Å². The van der Waals surface area contributed by atoms with E-state index in [1.807, 2.05) is 37.3 Å². The van der Waals surface area contributed by atoms with Gasteiger partial charge in [0.15, 0.2) is 0 Å². The van der Waals surface area contributed by atoms with Gasteiger partial charge in [0.1, 0.15) is 17.8 Å². The van der Waals surface area contributed by atoms with Gasteiger partial charge in [-0.25, -0.2) is 0 Å². The Hall–Kier alpha value is -1.61. The molecule has 0 N–H and O–H groups in total. The van der Waals surface area contributed by atoms with Crippen LogP contribution in [0.1, 0.15) is 36.8 Å². The van der Waals surface area contributed by atoms with Gasteiger partial charge >= 0.3 is 0 Å². The van der Waals surface area contributed by atoms with Gasteiger partial charge in [0.25, 0.3) is 0 Å². The first-order valence-corrected chi connectivity index (χ1v) is 7.87. The third-order valence-corrected chi connectivity index (χ3v) is 4.47.